The standard InChI is InChI=1S/C12H17N3O3/c1-8(7-11(16)18-2)14-12(17)15-10-5-3-9(13)4-6-10/h3-6,8H,7,13H2,1-2H3,(H2,14,15,17). The van der Waals surface area contributed by atoms with Crippen molar-refractivity contribution in [2.45, 2.75) is 19.4 Å². The Hall–Kier alpha value is -2.24. The zero-order chi connectivity index (χ0) is 13.5. The van der Waals surface area contributed by atoms with E-state index in [0.29, 0.717) is 11.4 Å². The molecule has 0 aromatic heterocycles. The van der Waals surface area contributed by atoms with Gasteiger partial charge in [-0.05, 0) is 31.2 Å². The summed E-state index contributed by atoms with van der Waals surface area (Å²) in [5.41, 5.74) is 6.79. The number of urea groups is 1. The maximum Gasteiger partial charge on any atom is 0.319 e. The van der Waals surface area contributed by atoms with Gasteiger partial charge < -0.3 is 21.1 Å². The van der Waals surface area contributed by atoms with Gasteiger partial charge in [0, 0.05) is 17.4 Å². The number of hydrogen-bond donors (Lipinski definition) is 3. The molecule has 1 rings (SSSR count). The fourth-order valence-corrected chi connectivity index (χ4v) is 1.34. The Morgan fingerprint density at radius 3 is 2.50 bits per heavy atom. The van der Waals surface area contributed by atoms with Gasteiger partial charge in [0.2, 0.25) is 0 Å². The average Bonchev–Trinajstić information content (AvgIpc) is 2.31. The Labute approximate surface area is 105 Å². The molecule has 0 saturated carbocycles. The van der Waals surface area contributed by atoms with E-state index in [-0.39, 0.29) is 24.5 Å². The molecule has 0 radical (unpaired) electrons. The summed E-state index contributed by atoms with van der Waals surface area (Å²) in [4.78, 5) is 22.6. The Balaban J connectivity index is 2.41. The maximum atomic E-state index is 11.6. The molecule has 1 aromatic rings. The second kappa shape index (κ2) is 6.48. The summed E-state index contributed by atoms with van der Waals surface area (Å²) >= 11 is 0. The van der Waals surface area contributed by atoms with Gasteiger partial charge in [0.05, 0.1) is 13.5 Å². The summed E-state index contributed by atoms with van der Waals surface area (Å²) < 4.78 is 4.51. The summed E-state index contributed by atoms with van der Waals surface area (Å²) in [6.07, 6.45) is 0.131. The van der Waals surface area contributed by atoms with Gasteiger partial charge in [-0.2, -0.15) is 0 Å². The predicted molar refractivity (Wildman–Crippen MR) is 69.1 cm³/mol. The number of nitrogen functional groups attached to an aromatic ring is 1. The van der Waals surface area contributed by atoms with Crippen LogP contribution in [0, 0.1) is 0 Å². The van der Waals surface area contributed by atoms with Gasteiger partial charge in [-0.15, -0.1) is 0 Å². The molecule has 0 bridgehead atoms. The SMILES string of the molecule is COC(=O)CC(C)NC(=O)Nc1ccc(N)cc1. The molecule has 1 unspecified atom stereocenters. The number of nitrogens with one attached hydrogen (secondary N) is 2. The van der Waals surface area contributed by atoms with E-state index in [1.165, 1.54) is 7.11 Å². The molecule has 0 aliphatic carbocycles. The fraction of sp³-hybridized carbons (Fsp3) is 0.333. The Morgan fingerprint density at radius 2 is 1.94 bits per heavy atom. The first-order valence-corrected chi connectivity index (χ1v) is 5.51. The van der Waals surface area contributed by atoms with Crippen LogP contribution in [0.4, 0.5) is 16.2 Å². The minimum Gasteiger partial charge on any atom is -0.469 e. The molecule has 18 heavy (non-hydrogen) atoms. The van der Waals surface area contributed by atoms with Crippen molar-refractivity contribution >= 4 is 23.4 Å². The van der Waals surface area contributed by atoms with Crippen LogP contribution in [-0.4, -0.2) is 25.2 Å². The number of benzene rings is 1. The van der Waals surface area contributed by atoms with E-state index in [1.807, 2.05) is 0 Å². The molecule has 0 saturated heterocycles. The van der Waals surface area contributed by atoms with E-state index < -0.39 is 0 Å². The molecule has 4 N–H and O–H groups in total. The molecule has 0 aliphatic rings. The first kappa shape index (κ1) is 13.8. The molecule has 0 aliphatic heterocycles. The molecule has 0 heterocycles. The van der Waals surface area contributed by atoms with Crippen LogP contribution in [-0.2, 0) is 9.53 Å². The number of anilines is 2. The Morgan fingerprint density at radius 1 is 1.33 bits per heavy atom. The molecule has 0 spiro atoms. The Bertz CT molecular complexity index is 417. The van der Waals surface area contributed by atoms with E-state index in [9.17, 15) is 9.59 Å². The van der Waals surface area contributed by atoms with Gasteiger partial charge in [0.1, 0.15) is 0 Å². The monoisotopic (exact) mass is 251 g/mol. The lowest BCUT2D eigenvalue weighted by Gasteiger charge is -2.13. The Kier molecular flexibility index (Phi) is 4.98. The van der Waals surface area contributed by atoms with E-state index in [1.54, 1.807) is 31.2 Å². The number of esters is 1. The van der Waals surface area contributed by atoms with Gasteiger partial charge >= 0.3 is 12.0 Å². The molecule has 98 valence electrons. The third-order valence-corrected chi connectivity index (χ3v) is 2.25. The number of carbonyl (C=O) groups excluding carboxylic acids is 2. The van der Waals surface area contributed by atoms with Crippen molar-refractivity contribution in [3.63, 3.8) is 0 Å². The van der Waals surface area contributed by atoms with Gasteiger partial charge in [0.25, 0.3) is 0 Å². The minimum absolute atomic E-state index is 0.131. The maximum absolute atomic E-state index is 11.6. The minimum atomic E-state index is -0.379. The van der Waals surface area contributed by atoms with Gasteiger partial charge in [0.15, 0.2) is 0 Å². The zero-order valence-corrected chi connectivity index (χ0v) is 10.4. The van der Waals surface area contributed by atoms with Crippen LogP contribution in [0.5, 0.6) is 0 Å². The number of amides is 2. The molecule has 0 fully saturated rings. The average molecular weight is 251 g/mol. The van der Waals surface area contributed by atoms with E-state index >= 15 is 0 Å². The summed E-state index contributed by atoms with van der Waals surface area (Å²) in [5.74, 6) is -0.365. The highest BCUT2D eigenvalue weighted by atomic mass is 16.5. The first-order valence-electron chi connectivity index (χ1n) is 5.51. The van der Waals surface area contributed by atoms with Gasteiger partial charge in [-0.3, -0.25) is 4.79 Å². The summed E-state index contributed by atoms with van der Waals surface area (Å²) in [6, 6.07) is 6.09. The molecule has 6 heteroatoms. The van der Waals surface area contributed by atoms with E-state index in [2.05, 4.69) is 15.4 Å². The molecular weight excluding hydrogens is 234 g/mol. The highest BCUT2D eigenvalue weighted by Gasteiger charge is 2.11. The van der Waals surface area contributed by atoms with Crippen LogP contribution >= 0.6 is 0 Å². The van der Waals surface area contributed by atoms with Crippen molar-refractivity contribution in [3.05, 3.63) is 24.3 Å². The third kappa shape index (κ3) is 4.73. The zero-order valence-electron chi connectivity index (χ0n) is 10.4. The van der Waals surface area contributed by atoms with Crippen molar-refractivity contribution in [1.82, 2.24) is 5.32 Å². The summed E-state index contributed by atoms with van der Waals surface area (Å²) in [7, 11) is 1.31. The van der Waals surface area contributed by atoms with E-state index in [0.717, 1.165) is 0 Å². The second-order valence-electron chi connectivity index (χ2n) is 3.90. The van der Waals surface area contributed by atoms with E-state index in [4.69, 9.17) is 5.73 Å². The van der Waals surface area contributed by atoms with Crippen LogP contribution in [0.3, 0.4) is 0 Å². The molecular formula is C12H17N3O3. The van der Waals surface area contributed by atoms with Crippen molar-refractivity contribution in [2.24, 2.45) is 0 Å². The lowest BCUT2D eigenvalue weighted by Crippen LogP contribution is -2.37. The van der Waals surface area contributed by atoms with Crippen molar-refractivity contribution in [1.29, 1.82) is 0 Å². The topological polar surface area (TPSA) is 93.4 Å². The number of methoxy groups -OCH3 is 1. The number of nitrogens with two attached hydrogens (primary N) is 1. The molecule has 2 amide bonds. The van der Waals surface area contributed by atoms with Crippen molar-refractivity contribution < 1.29 is 14.3 Å². The van der Waals surface area contributed by atoms with Crippen LogP contribution in [0.2, 0.25) is 0 Å². The van der Waals surface area contributed by atoms with Crippen molar-refractivity contribution in [3.8, 4) is 0 Å². The second-order valence-corrected chi connectivity index (χ2v) is 3.90. The lowest BCUT2D eigenvalue weighted by molar-refractivity contribution is -0.141. The summed E-state index contributed by atoms with van der Waals surface area (Å²) in [5, 5.41) is 5.26. The van der Waals surface area contributed by atoms with Crippen molar-refractivity contribution in [2.75, 3.05) is 18.2 Å². The number of carbonyl (C=O) groups is 2. The molecule has 1 atom stereocenters. The van der Waals surface area contributed by atoms with Gasteiger partial charge in [-0.1, -0.05) is 0 Å². The number of rotatable bonds is 4. The summed E-state index contributed by atoms with van der Waals surface area (Å²) in [6.45, 7) is 1.72. The fourth-order valence-electron chi connectivity index (χ4n) is 1.34. The first-order chi connectivity index (χ1) is 8.51. The number of hydrogen-bond acceptors (Lipinski definition) is 4. The number of ether oxygens (including phenoxy) is 1. The third-order valence-electron chi connectivity index (χ3n) is 2.25. The van der Waals surface area contributed by atoms with Crippen LogP contribution in [0.25, 0.3) is 0 Å². The smallest absolute Gasteiger partial charge is 0.319 e. The predicted octanol–water partition coefficient (Wildman–Crippen LogP) is 1.34. The van der Waals surface area contributed by atoms with Crippen LogP contribution in [0.15, 0.2) is 24.3 Å². The quantitative estimate of drug-likeness (QED) is 0.556. The highest BCUT2D eigenvalue weighted by molar-refractivity contribution is 5.89. The van der Waals surface area contributed by atoms with Gasteiger partial charge in [-0.25, -0.2) is 4.79 Å². The van der Waals surface area contributed by atoms with Crippen LogP contribution in [0.1, 0.15) is 13.3 Å². The largest absolute Gasteiger partial charge is 0.469 e. The van der Waals surface area contributed by atoms with Crippen LogP contribution < -0.4 is 16.4 Å². The molecule has 1 aromatic carbocycles. The lowest BCUT2D eigenvalue weighted by atomic mass is 10.2. The molecule has 6 nitrogen and oxygen atoms in total. The normalized spacial score (nSPS) is 11.4. The highest BCUT2D eigenvalue weighted by Crippen LogP contribution is 2.10.